The summed E-state index contributed by atoms with van der Waals surface area (Å²) in [5.41, 5.74) is 5.41. The van der Waals surface area contributed by atoms with Gasteiger partial charge in [-0.15, -0.1) is 0 Å². The van der Waals surface area contributed by atoms with E-state index in [1.165, 1.54) is 25.7 Å². The van der Waals surface area contributed by atoms with Crippen LogP contribution in [0.15, 0.2) is 4.99 Å². The van der Waals surface area contributed by atoms with E-state index in [2.05, 4.69) is 10.3 Å². The van der Waals surface area contributed by atoms with Crippen LogP contribution in [0, 0.1) is 0 Å². The van der Waals surface area contributed by atoms with E-state index in [9.17, 15) is 19.5 Å². The molecule has 4 unspecified atom stereocenters. The highest BCUT2D eigenvalue weighted by molar-refractivity contribution is 5.93. The summed E-state index contributed by atoms with van der Waals surface area (Å²) in [7, 11) is 0. The Morgan fingerprint density at radius 3 is 2.48 bits per heavy atom. The summed E-state index contributed by atoms with van der Waals surface area (Å²) in [6, 6.07) is -3.51. The molecule has 2 amide bonds. The van der Waals surface area contributed by atoms with Crippen molar-refractivity contribution in [3.63, 3.8) is 0 Å². The number of carboxylic acid groups (broad SMARTS) is 1. The van der Waals surface area contributed by atoms with Crippen molar-refractivity contribution in [3.05, 3.63) is 0 Å². The van der Waals surface area contributed by atoms with Gasteiger partial charge in [0, 0.05) is 12.6 Å². The van der Waals surface area contributed by atoms with E-state index < -0.39 is 47.8 Å². The van der Waals surface area contributed by atoms with Gasteiger partial charge < -0.3 is 26.2 Å². The van der Waals surface area contributed by atoms with Gasteiger partial charge in [-0.05, 0) is 39.5 Å². The fourth-order valence-electron chi connectivity index (χ4n) is 2.28. The van der Waals surface area contributed by atoms with Crippen LogP contribution in [0.4, 0.5) is 0 Å². The number of rotatable bonds is 6. The molecule has 0 radical (unpaired) electrons. The lowest BCUT2D eigenvalue weighted by Gasteiger charge is -2.27. The van der Waals surface area contributed by atoms with Crippen LogP contribution < -0.4 is 16.2 Å². The monoisotopic (exact) mass is 327 g/mol. The number of nitrogens with two attached hydrogens (primary N) is 1. The third-order valence-electron chi connectivity index (χ3n) is 3.64. The average Bonchev–Trinajstić information content (AvgIpc) is 2.95. The van der Waals surface area contributed by atoms with Crippen LogP contribution in [0.5, 0.6) is 0 Å². The zero-order valence-electron chi connectivity index (χ0n) is 13.5. The zero-order valence-corrected chi connectivity index (χ0v) is 13.5. The van der Waals surface area contributed by atoms with Gasteiger partial charge in [-0.1, -0.05) is 0 Å². The molecule has 4 atom stereocenters. The summed E-state index contributed by atoms with van der Waals surface area (Å²) in [4.78, 5) is 40.4. The van der Waals surface area contributed by atoms with Gasteiger partial charge in [0.05, 0.1) is 0 Å². The first kappa shape index (κ1) is 18.9. The molecule has 1 aliphatic heterocycles. The molecule has 1 saturated heterocycles. The second-order valence-electron chi connectivity index (χ2n) is 5.69. The minimum Gasteiger partial charge on any atom is -0.861 e. The summed E-state index contributed by atoms with van der Waals surface area (Å²) >= 11 is 0. The minimum absolute atomic E-state index is 0.366. The number of carbonyl (C=O) groups is 3. The normalized spacial score (nSPS) is 22.3. The Kier molecular flexibility index (Phi) is 6.49. The number of aliphatic imine (C=N–C) groups is 1. The topological polar surface area (TPSA) is 148 Å². The van der Waals surface area contributed by atoms with Crippen molar-refractivity contribution in [1.82, 2.24) is 10.2 Å². The number of carboxylic acids is 1. The van der Waals surface area contributed by atoms with Gasteiger partial charge in [0.1, 0.15) is 18.1 Å². The predicted octanol–water partition coefficient (Wildman–Crippen LogP) is -1.94. The molecular formula is C14H23N4O5-. The quantitative estimate of drug-likeness (QED) is 0.382. The molecule has 1 heterocycles. The lowest BCUT2D eigenvalue weighted by molar-refractivity contribution is -0.220. The van der Waals surface area contributed by atoms with Crippen LogP contribution in [0.3, 0.4) is 0 Å². The Labute approximate surface area is 134 Å². The molecule has 0 aromatic heterocycles. The average molecular weight is 327 g/mol. The number of likely N-dealkylation sites (tertiary alicyclic amines) is 1. The number of hydrogen-bond acceptors (Lipinski definition) is 6. The largest absolute Gasteiger partial charge is 0.861 e. The summed E-state index contributed by atoms with van der Waals surface area (Å²) in [5.74, 6) is -2.69. The zero-order chi connectivity index (χ0) is 17.7. The Morgan fingerprint density at radius 2 is 1.96 bits per heavy atom. The smallest absolute Gasteiger partial charge is 0.325 e. The molecular weight excluding hydrogens is 304 g/mol. The summed E-state index contributed by atoms with van der Waals surface area (Å²) in [6.07, 6.45) is 1.07. The lowest BCUT2D eigenvalue weighted by Crippen LogP contribution is -2.51. The molecule has 4 N–H and O–H groups in total. The van der Waals surface area contributed by atoms with E-state index >= 15 is 0 Å². The van der Waals surface area contributed by atoms with Crippen molar-refractivity contribution in [1.29, 1.82) is 0 Å². The number of nitrogens with zero attached hydrogens (tertiary/aromatic N) is 2. The third kappa shape index (κ3) is 4.92. The first-order chi connectivity index (χ1) is 10.6. The molecule has 1 aliphatic rings. The first-order valence-corrected chi connectivity index (χ1v) is 7.49. The van der Waals surface area contributed by atoms with Gasteiger partial charge in [-0.25, -0.2) is 0 Å². The molecule has 1 rings (SSSR count). The van der Waals surface area contributed by atoms with Gasteiger partial charge in [-0.2, -0.15) is 0 Å². The second kappa shape index (κ2) is 7.91. The van der Waals surface area contributed by atoms with E-state index in [0.29, 0.717) is 19.4 Å². The summed E-state index contributed by atoms with van der Waals surface area (Å²) in [5, 5.41) is 22.7. The van der Waals surface area contributed by atoms with Crippen LogP contribution in [0.2, 0.25) is 0 Å². The molecule has 0 spiro atoms. The van der Waals surface area contributed by atoms with Gasteiger partial charge >= 0.3 is 5.97 Å². The number of aliphatic carboxylic acids is 1. The molecule has 1 fully saturated rings. The van der Waals surface area contributed by atoms with Crippen LogP contribution in [0.25, 0.3) is 0 Å². The Bertz CT molecular complexity index is 505. The maximum atomic E-state index is 12.4. The van der Waals surface area contributed by atoms with Crippen LogP contribution >= 0.6 is 0 Å². The highest BCUT2D eigenvalue weighted by Crippen LogP contribution is 2.19. The Balaban J connectivity index is 2.78. The molecule has 9 heteroatoms. The summed E-state index contributed by atoms with van der Waals surface area (Å²) in [6.45, 7) is 4.66. The summed E-state index contributed by atoms with van der Waals surface area (Å²) < 4.78 is 0. The molecule has 0 saturated carbocycles. The molecule has 9 nitrogen and oxygen atoms in total. The lowest BCUT2D eigenvalue weighted by atomic mass is 10.1. The van der Waals surface area contributed by atoms with Gasteiger partial charge in [0.25, 0.3) is 0 Å². The molecule has 0 bridgehead atoms. The van der Waals surface area contributed by atoms with Crippen molar-refractivity contribution in [2.75, 3.05) is 6.54 Å². The molecule has 0 aromatic carbocycles. The van der Waals surface area contributed by atoms with Gasteiger partial charge in [0.15, 0.2) is 0 Å². The van der Waals surface area contributed by atoms with Crippen molar-refractivity contribution in [3.8, 4) is 0 Å². The number of nitrogens with one attached hydrogen (secondary N) is 1. The standard InChI is InChI=1S/C14H24N4O5/c1-7(15)11(19)16-8(2)13(21)18-6-4-5-10(18)12(20)17-9(3)14(22)23/h7-10H,4-6,15H2,1-3H3,(H,16,19)(H,17,20)(H,22,23)/p-1. The van der Waals surface area contributed by atoms with E-state index in [-0.39, 0.29) is 0 Å². The van der Waals surface area contributed by atoms with Crippen LogP contribution in [-0.4, -0.2) is 64.4 Å². The van der Waals surface area contributed by atoms with Gasteiger partial charge in [0.2, 0.25) is 11.8 Å². The molecule has 0 aromatic rings. The third-order valence-corrected chi connectivity index (χ3v) is 3.64. The fraction of sp³-hybridized carbons (Fsp3) is 0.714. The highest BCUT2D eigenvalue weighted by atomic mass is 16.4. The molecule has 0 aliphatic carbocycles. The molecule has 23 heavy (non-hydrogen) atoms. The van der Waals surface area contributed by atoms with Gasteiger partial charge in [-0.3, -0.25) is 19.4 Å². The van der Waals surface area contributed by atoms with Crippen molar-refractivity contribution in [2.45, 2.75) is 57.8 Å². The SMILES string of the molecule is CC(N)C([O-])=NC(C)C(=O)N1CCCC1C(=O)NC(C)C(=O)O. The van der Waals surface area contributed by atoms with Crippen molar-refractivity contribution >= 4 is 23.7 Å². The Hall–Kier alpha value is -2.16. The fourth-order valence-corrected chi connectivity index (χ4v) is 2.28. The van der Waals surface area contributed by atoms with Crippen LogP contribution in [0.1, 0.15) is 33.6 Å². The number of hydrogen-bond donors (Lipinski definition) is 3. The van der Waals surface area contributed by atoms with E-state index in [4.69, 9.17) is 10.8 Å². The first-order valence-electron chi connectivity index (χ1n) is 7.49. The van der Waals surface area contributed by atoms with E-state index in [0.717, 1.165) is 0 Å². The highest BCUT2D eigenvalue weighted by Gasteiger charge is 2.36. The van der Waals surface area contributed by atoms with Crippen molar-refractivity contribution < 1.29 is 24.6 Å². The van der Waals surface area contributed by atoms with E-state index in [1.807, 2.05) is 0 Å². The minimum atomic E-state index is -1.15. The maximum Gasteiger partial charge on any atom is 0.325 e. The van der Waals surface area contributed by atoms with E-state index in [1.54, 1.807) is 0 Å². The maximum absolute atomic E-state index is 12.4. The Morgan fingerprint density at radius 1 is 1.35 bits per heavy atom. The predicted molar refractivity (Wildman–Crippen MR) is 80.5 cm³/mol. The number of amides is 2. The van der Waals surface area contributed by atoms with Crippen molar-refractivity contribution in [2.24, 2.45) is 10.7 Å². The molecule has 130 valence electrons. The van der Waals surface area contributed by atoms with Crippen LogP contribution in [-0.2, 0) is 14.4 Å². The second-order valence-corrected chi connectivity index (χ2v) is 5.69. The number of carbonyl (C=O) groups excluding carboxylic acids is 2.